The number of nitrogens with zero attached hydrogens (tertiary/aromatic N) is 2. The van der Waals surface area contributed by atoms with Gasteiger partial charge in [0, 0.05) is 22.7 Å². The SMILES string of the molecule is Cc1ccc(/C(CC2=CC=CC(C)[N+]2=O)=N\O)cc1. The molecular formula is C15H17N2O2+. The summed E-state index contributed by atoms with van der Waals surface area (Å²) in [5, 5.41) is 12.5. The summed E-state index contributed by atoms with van der Waals surface area (Å²) in [6.45, 7) is 3.83. The minimum absolute atomic E-state index is 0.182. The van der Waals surface area contributed by atoms with Gasteiger partial charge in [-0.05, 0) is 18.6 Å². The summed E-state index contributed by atoms with van der Waals surface area (Å²) in [6, 6.07) is 7.50. The van der Waals surface area contributed by atoms with Crippen molar-refractivity contribution in [3.05, 3.63) is 64.2 Å². The Morgan fingerprint density at radius 1 is 1.37 bits per heavy atom. The van der Waals surface area contributed by atoms with Crippen molar-refractivity contribution in [3.8, 4) is 0 Å². The molecule has 0 fully saturated rings. The van der Waals surface area contributed by atoms with E-state index >= 15 is 0 Å². The van der Waals surface area contributed by atoms with Crippen LogP contribution in [0, 0.1) is 11.8 Å². The van der Waals surface area contributed by atoms with E-state index in [1.165, 1.54) is 0 Å². The molecule has 0 saturated heterocycles. The minimum Gasteiger partial charge on any atom is -0.411 e. The lowest BCUT2D eigenvalue weighted by atomic mass is 10.0. The van der Waals surface area contributed by atoms with Crippen molar-refractivity contribution >= 4 is 5.71 Å². The summed E-state index contributed by atoms with van der Waals surface area (Å²) >= 11 is 0. The van der Waals surface area contributed by atoms with Crippen LogP contribution >= 0.6 is 0 Å². The molecule has 1 aliphatic heterocycles. The molecule has 1 atom stereocenters. The van der Waals surface area contributed by atoms with Gasteiger partial charge in [-0.15, -0.1) is 0 Å². The maximum absolute atomic E-state index is 11.9. The van der Waals surface area contributed by atoms with Crippen molar-refractivity contribution in [2.45, 2.75) is 26.3 Å². The maximum Gasteiger partial charge on any atom is 0.239 e. The molecular weight excluding hydrogens is 240 g/mol. The average molecular weight is 257 g/mol. The Morgan fingerprint density at radius 2 is 2.05 bits per heavy atom. The molecule has 1 N–H and O–H groups in total. The molecule has 0 aromatic heterocycles. The van der Waals surface area contributed by atoms with Crippen molar-refractivity contribution in [1.82, 2.24) is 0 Å². The molecule has 4 heteroatoms. The van der Waals surface area contributed by atoms with E-state index in [1.807, 2.05) is 50.3 Å². The first-order valence-corrected chi connectivity index (χ1v) is 6.23. The predicted octanol–water partition coefficient (Wildman–Crippen LogP) is 3.18. The number of oxime groups is 1. The Morgan fingerprint density at radius 3 is 2.68 bits per heavy atom. The maximum atomic E-state index is 11.9. The quantitative estimate of drug-likeness (QED) is 0.391. The van der Waals surface area contributed by atoms with Gasteiger partial charge in [0.15, 0.2) is 0 Å². The number of nitroso groups, excluding NO2 is 1. The van der Waals surface area contributed by atoms with Gasteiger partial charge in [-0.2, -0.15) is 0 Å². The van der Waals surface area contributed by atoms with Gasteiger partial charge in [-0.3, -0.25) is 0 Å². The Kier molecular flexibility index (Phi) is 3.90. The number of benzene rings is 1. The van der Waals surface area contributed by atoms with E-state index < -0.39 is 0 Å². The van der Waals surface area contributed by atoms with E-state index in [-0.39, 0.29) is 6.04 Å². The average Bonchev–Trinajstić information content (AvgIpc) is 2.42. The predicted molar refractivity (Wildman–Crippen MR) is 74.4 cm³/mol. The summed E-state index contributed by atoms with van der Waals surface area (Å²) in [5.74, 6) is 0. The first-order valence-electron chi connectivity index (χ1n) is 6.23. The zero-order chi connectivity index (χ0) is 13.8. The van der Waals surface area contributed by atoms with Crippen molar-refractivity contribution in [2.75, 3.05) is 0 Å². The first-order chi connectivity index (χ1) is 9.11. The number of hydrogen-bond donors (Lipinski definition) is 1. The smallest absolute Gasteiger partial charge is 0.239 e. The van der Waals surface area contributed by atoms with E-state index in [0.29, 0.717) is 17.8 Å². The van der Waals surface area contributed by atoms with Crippen molar-refractivity contribution in [2.24, 2.45) is 5.16 Å². The normalized spacial score (nSPS) is 19.5. The third-order valence-electron chi connectivity index (χ3n) is 3.19. The summed E-state index contributed by atoms with van der Waals surface area (Å²) in [6.07, 6.45) is 5.76. The van der Waals surface area contributed by atoms with Crippen LogP contribution in [0.25, 0.3) is 0 Å². The molecule has 1 aliphatic rings. The van der Waals surface area contributed by atoms with Crippen LogP contribution in [0.3, 0.4) is 0 Å². The lowest BCUT2D eigenvalue weighted by Gasteiger charge is -2.07. The summed E-state index contributed by atoms with van der Waals surface area (Å²) in [5.41, 5.74) is 3.06. The zero-order valence-corrected chi connectivity index (χ0v) is 11.1. The van der Waals surface area contributed by atoms with Crippen LogP contribution in [-0.2, 0) is 0 Å². The van der Waals surface area contributed by atoms with Crippen LogP contribution in [0.5, 0.6) is 0 Å². The number of aryl methyl sites for hydroxylation is 1. The minimum atomic E-state index is -0.182. The lowest BCUT2D eigenvalue weighted by Crippen LogP contribution is -2.22. The van der Waals surface area contributed by atoms with Gasteiger partial charge in [0.1, 0.15) is 0 Å². The molecule has 0 amide bonds. The zero-order valence-electron chi connectivity index (χ0n) is 11.1. The largest absolute Gasteiger partial charge is 0.411 e. The highest BCUT2D eigenvalue weighted by molar-refractivity contribution is 6.01. The Hall–Kier alpha value is -2.23. The molecule has 0 spiro atoms. The summed E-state index contributed by atoms with van der Waals surface area (Å²) in [7, 11) is 0. The van der Waals surface area contributed by atoms with E-state index in [4.69, 9.17) is 5.21 Å². The number of allylic oxidation sites excluding steroid dienone is 3. The van der Waals surface area contributed by atoms with Gasteiger partial charge >= 0.3 is 0 Å². The molecule has 1 heterocycles. The van der Waals surface area contributed by atoms with Gasteiger partial charge in [0.25, 0.3) is 0 Å². The number of rotatable bonds is 3. The molecule has 1 unspecified atom stereocenters. The fraction of sp³-hybridized carbons (Fsp3) is 0.267. The fourth-order valence-electron chi connectivity index (χ4n) is 1.99. The van der Waals surface area contributed by atoms with E-state index in [1.54, 1.807) is 6.08 Å². The molecule has 0 saturated carbocycles. The van der Waals surface area contributed by atoms with Crippen molar-refractivity contribution < 1.29 is 9.97 Å². The Balaban J connectivity index is 2.21. The van der Waals surface area contributed by atoms with Crippen LogP contribution in [0.15, 0.2) is 53.3 Å². The standard InChI is InChI=1S/C15H16N2O2/c1-11-6-8-13(9-7-11)15(16-18)10-14-5-3-4-12(2)17(14)19/h3-9,12H,10H2,1-2H3/p+1/b16-15-. The van der Waals surface area contributed by atoms with E-state index in [2.05, 4.69) is 5.16 Å². The molecule has 0 aliphatic carbocycles. The lowest BCUT2D eigenvalue weighted by molar-refractivity contribution is -0.525. The molecule has 19 heavy (non-hydrogen) atoms. The molecule has 4 nitrogen and oxygen atoms in total. The van der Waals surface area contributed by atoms with E-state index in [0.717, 1.165) is 15.9 Å². The summed E-state index contributed by atoms with van der Waals surface area (Å²) < 4.78 is 0.944. The second-order valence-electron chi connectivity index (χ2n) is 4.70. The monoisotopic (exact) mass is 257 g/mol. The highest BCUT2D eigenvalue weighted by Gasteiger charge is 2.27. The highest BCUT2D eigenvalue weighted by atomic mass is 16.4. The third-order valence-corrected chi connectivity index (χ3v) is 3.19. The van der Waals surface area contributed by atoms with Crippen LogP contribution < -0.4 is 0 Å². The molecule has 0 bridgehead atoms. The molecule has 1 aromatic rings. The number of hydrogen-bond acceptors (Lipinski definition) is 3. The second-order valence-corrected chi connectivity index (χ2v) is 4.70. The van der Waals surface area contributed by atoms with E-state index in [9.17, 15) is 4.91 Å². The second kappa shape index (κ2) is 5.61. The van der Waals surface area contributed by atoms with Crippen LogP contribution in [0.2, 0.25) is 0 Å². The van der Waals surface area contributed by atoms with Gasteiger partial charge in [-0.25, -0.2) is 0 Å². The first kappa shape index (κ1) is 13.2. The van der Waals surface area contributed by atoms with Crippen LogP contribution in [0.1, 0.15) is 24.5 Å². The Labute approximate surface area is 112 Å². The Bertz CT molecular complexity index is 568. The van der Waals surface area contributed by atoms with Gasteiger partial charge in [0.2, 0.25) is 11.7 Å². The van der Waals surface area contributed by atoms with Crippen LogP contribution in [-0.4, -0.2) is 21.7 Å². The molecule has 98 valence electrons. The van der Waals surface area contributed by atoms with Gasteiger partial charge in [-0.1, -0.05) is 41.1 Å². The molecule has 1 aromatic carbocycles. The van der Waals surface area contributed by atoms with Gasteiger partial charge in [0.05, 0.1) is 12.1 Å². The topological polar surface area (TPSA) is 52.7 Å². The highest BCUT2D eigenvalue weighted by Crippen LogP contribution is 2.17. The van der Waals surface area contributed by atoms with Gasteiger partial charge < -0.3 is 5.21 Å². The van der Waals surface area contributed by atoms with Crippen LogP contribution in [0.4, 0.5) is 0 Å². The third kappa shape index (κ3) is 2.96. The molecule has 0 radical (unpaired) electrons. The summed E-state index contributed by atoms with van der Waals surface area (Å²) in [4.78, 5) is 11.9. The van der Waals surface area contributed by atoms with Crippen molar-refractivity contribution in [1.29, 1.82) is 0 Å². The molecule has 2 rings (SSSR count). The van der Waals surface area contributed by atoms with Crippen molar-refractivity contribution in [3.63, 3.8) is 0 Å². The fourth-order valence-corrected chi connectivity index (χ4v) is 1.99.